The van der Waals surface area contributed by atoms with Gasteiger partial charge in [-0.1, -0.05) is 91.0 Å². The zero-order chi connectivity index (χ0) is 14.5. The van der Waals surface area contributed by atoms with Crippen LogP contribution in [0.3, 0.4) is 0 Å². The molecule has 0 N–H and O–H groups in total. The summed E-state index contributed by atoms with van der Waals surface area (Å²) in [7, 11) is 1.90. The first kappa shape index (κ1) is 13.6. The van der Waals surface area contributed by atoms with Gasteiger partial charge < -0.3 is 0 Å². The van der Waals surface area contributed by atoms with Crippen molar-refractivity contribution in [3.63, 3.8) is 0 Å². The molecule has 0 aliphatic carbocycles. The summed E-state index contributed by atoms with van der Waals surface area (Å²) < 4.78 is 0. The van der Waals surface area contributed by atoms with E-state index in [0.717, 1.165) is 0 Å². The Morgan fingerprint density at radius 1 is 0.524 bits per heavy atom. The van der Waals surface area contributed by atoms with E-state index in [-0.39, 0.29) is 0 Å². The van der Waals surface area contributed by atoms with Gasteiger partial charge in [-0.3, -0.25) is 0 Å². The highest BCUT2D eigenvalue weighted by molar-refractivity contribution is 5.49. The molecule has 0 saturated heterocycles. The Labute approximate surface area is 126 Å². The molecule has 0 fully saturated rings. The van der Waals surface area contributed by atoms with Crippen LogP contribution in [0.2, 0.25) is 0 Å². The van der Waals surface area contributed by atoms with Crippen LogP contribution in [0.15, 0.2) is 91.0 Å². The minimum Gasteiger partial charge on any atom is -0.224 e. The van der Waals surface area contributed by atoms with Crippen LogP contribution in [0.5, 0.6) is 0 Å². The molecular formula is C20H18N. The molecule has 0 aliphatic heterocycles. The molecule has 0 spiro atoms. The summed E-state index contributed by atoms with van der Waals surface area (Å²) in [6, 6.07) is 31.4. The normalized spacial score (nSPS) is 11.3. The van der Waals surface area contributed by atoms with Crippen LogP contribution in [0.1, 0.15) is 16.7 Å². The standard InChI is InChI=1S/C20H18N/c1-21-20(17-11-5-2-6-12-17,18-13-7-3-8-14-18)19-15-9-4-10-16-19/h2-16H,1H3. The average molecular weight is 272 g/mol. The summed E-state index contributed by atoms with van der Waals surface area (Å²) in [5.74, 6) is 0. The Kier molecular flexibility index (Phi) is 3.85. The Morgan fingerprint density at radius 2 is 0.810 bits per heavy atom. The lowest BCUT2D eigenvalue weighted by atomic mass is 9.77. The minimum absolute atomic E-state index is 0.455. The molecule has 1 heteroatoms. The molecular weight excluding hydrogens is 254 g/mol. The highest BCUT2D eigenvalue weighted by Crippen LogP contribution is 2.37. The van der Waals surface area contributed by atoms with E-state index < -0.39 is 5.54 Å². The average Bonchev–Trinajstić information content (AvgIpc) is 2.59. The van der Waals surface area contributed by atoms with Crippen LogP contribution in [0, 0.1) is 0 Å². The maximum absolute atomic E-state index is 4.83. The van der Waals surface area contributed by atoms with Crippen molar-refractivity contribution >= 4 is 0 Å². The van der Waals surface area contributed by atoms with Crippen LogP contribution in [0.4, 0.5) is 0 Å². The quantitative estimate of drug-likeness (QED) is 0.632. The molecule has 3 aromatic rings. The Hall–Kier alpha value is -2.38. The zero-order valence-corrected chi connectivity index (χ0v) is 12.1. The maximum Gasteiger partial charge on any atom is 0.110 e. The summed E-state index contributed by atoms with van der Waals surface area (Å²) in [4.78, 5) is 0. The first-order valence-corrected chi connectivity index (χ1v) is 7.15. The number of hydrogen-bond donors (Lipinski definition) is 0. The predicted octanol–water partition coefficient (Wildman–Crippen LogP) is 4.21. The monoisotopic (exact) mass is 272 g/mol. The van der Waals surface area contributed by atoms with E-state index in [2.05, 4.69) is 72.8 Å². The number of nitrogens with zero attached hydrogens (tertiary/aromatic N) is 1. The van der Waals surface area contributed by atoms with Crippen LogP contribution in [0.25, 0.3) is 0 Å². The van der Waals surface area contributed by atoms with Gasteiger partial charge in [0.1, 0.15) is 5.54 Å². The Bertz CT molecular complexity index is 578. The van der Waals surface area contributed by atoms with E-state index >= 15 is 0 Å². The molecule has 0 heterocycles. The fraction of sp³-hybridized carbons (Fsp3) is 0.100. The van der Waals surface area contributed by atoms with Gasteiger partial charge in [0.2, 0.25) is 0 Å². The molecule has 21 heavy (non-hydrogen) atoms. The van der Waals surface area contributed by atoms with Crippen LogP contribution in [-0.2, 0) is 5.54 Å². The van der Waals surface area contributed by atoms with Gasteiger partial charge in [0.25, 0.3) is 0 Å². The van der Waals surface area contributed by atoms with Crippen molar-refractivity contribution in [2.75, 3.05) is 7.05 Å². The molecule has 1 radical (unpaired) electrons. The number of benzene rings is 3. The van der Waals surface area contributed by atoms with E-state index in [0.29, 0.717) is 0 Å². The molecule has 0 aliphatic rings. The smallest absolute Gasteiger partial charge is 0.110 e. The molecule has 0 bridgehead atoms. The van der Waals surface area contributed by atoms with E-state index in [9.17, 15) is 0 Å². The lowest BCUT2D eigenvalue weighted by Crippen LogP contribution is -2.37. The summed E-state index contributed by atoms with van der Waals surface area (Å²) >= 11 is 0. The SMILES string of the molecule is C[N]C(c1ccccc1)(c1ccccc1)c1ccccc1. The van der Waals surface area contributed by atoms with Gasteiger partial charge >= 0.3 is 0 Å². The Morgan fingerprint density at radius 3 is 1.05 bits per heavy atom. The molecule has 0 atom stereocenters. The van der Waals surface area contributed by atoms with Gasteiger partial charge in [-0.2, -0.15) is 0 Å². The molecule has 3 rings (SSSR count). The van der Waals surface area contributed by atoms with Crippen molar-refractivity contribution in [3.8, 4) is 0 Å². The largest absolute Gasteiger partial charge is 0.224 e. The van der Waals surface area contributed by atoms with Gasteiger partial charge in [0, 0.05) is 7.05 Å². The molecule has 3 aromatic carbocycles. The van der Waals surface area contributed by atoms with Crippen molar-refractivity contribution in [2.45, 2.75) is 5.54 Å². The van der Waals surface area contributed by atoms with E-state index in [1.807, 2.05) is 25.2 Å². The number of hydrogen-bond acceptors (Lipinski definition) is 0. The first-order valence-electron chi connectivity index (χ1n) is 7.15. The molecule has 0 amide bonds. The zero-order valence-electron chi connectivity index (χ0n) is 12.1. The predicted molar refractivity (Wildman–Crippen MR) is 87.3 cm³/mol. The first-order chi connectivity index (χ1) is 10.4. The topological polar surface area (TPSA) is 14.1 Å². The fourth-order valence-corrected chi connectivity index (χ4v) is 2.93. The lowest BCUT2D eigenvalue weighted by Gasteiger charge is -2.34. The summed E-state index contributed by atoms with van der Waals surface area (Å²) in [6.07, 6.45) is 0. The highest BCUT2D eigenvalue weighted by Gasteiger charge is 2.35. The summed E-state index contributed by atoms with van der Waals surface area (Å²) in [5.41, 5.74) is 3.10. The third-order valence-corrected chi connectivity index (χ3v) is 3.91. The van der Waals surface area contributed by atoms with Crippen LogP contribution in [-0.4, -0.2) is 7.05 Å². The van der Waals surface area contributed by atoms with Gasteiger partial charge in [-0.05, 0) is 16.7 Å². The third kappa shape index (κ3) is 2.37. The van der Waals surface area contributed by atoms with Crippen molar-refractivity contribution in [1.29, 1.82) is 0 Å². The summed E-state index contributed by atoms with van der Waals surface area (Å²) in [6.45, 7) is 0. The van der Waals surface area contributed by atoms with E-state index in [1.165, 1.54) is 16.7 Å². The van der Waals surface area contributed by atoms with Gasteiger partial charge in [0.15, 0.2) is 0 Å². The van der Waals surface area contributed by atoms with E-state index in [4.69, 9.17) is 5.32 Å². The number of rotatable bonds is 4. The Balaban J connectivity index is 2.29. The van der Waals surface area contributed by atoms with Gasteiger partial charge in [-0.25, -0.2) is 5.32 Å². The molecule has 0 saturated carbocycles. The molecule has 103 valence electrons. The summed E-state index contributed by atoms with van der Waals surface area (Å²) in [5, 5.41) is 4.83. The lowest BCUT2D eigenvalue weighted by molar-refractivity contribution is 0.514. The maximum atomic E-state index is 4.83. The van der Waals surface area contributed by atoms with Crippen LogP contribution >= 0.6 is 0 Å². The second-order valence-corrected chi connectivity index (χ2v) is 5.03. The van der Waals surface area contributed by atoms with E-state index in [1.54, 1.807) is 0 Å². The molecule has 1 nitrogen and oxygen atoms in total. The molecule has 0 aromatic heterocycles. The minimum atomic E-state index is -0.455. The van der Waals surface area contributed by atoms with Crippen molar-refractivity contribution in [3.05, 3.63) is 108 Å². The van der Waals surface area contributed by atoms with Crippen molar-refractivity contribution in [2.24, 2.45) is 0 Å². The highest BCUT2D eigenvalue weighted by atomic mass is 14.9. The molecule has 0 unspecified atom stereocenters. The second-order valence-electron chi connectivity index (χ2n) is 5.03. The van der Waals surface area contributed by atoms with Gasteiger partial charge in [-0.15, -0.1) is 0 Å². The fourth-order valence-electron chi connectivity index (χ4n) is 2.93. The second kappa shape index (κ2) is 5.94. The van der Waals surface area contributed by atoms with Gasteiger partial charge in [0.05, 0.1) is 0 Å². The van der Waals surface area contributed by atoms with Crippen molar-refractivity contribution in [1.82, 2.24) is 5.32 Å². The van der Waals surface area contributed by atoms with Crippen LogP contribution < -0.4 is 5.32 Å². The third-order valence-electron chi connectivity index (χ3n) is 3.91. The van der Waals surface area contributed by atoms with Crippen molar-refractivity contribution < 1.29 is 0 Å².